The highest BCUT2D eigenvalue weighted by molar-refractivity contribution is 6.07. The molecule has 0 aromatic carbocycles. The van der Waals surface area contributed by atoms with E-state index in [1.54, 1.807) is 0 Å². The number of hydrogen-bond donors (Lipinski definition) is 1. The number of urea groups is 1. The van der Waals surface area contributed by atoms with Crippen molar-refractivity contribution in [1.82, 2.24) is 15.1 Å². The lowest BCUT2D eigenvalue weighted by atomic mass is 10.2. The van der Waals surface area contributed by atoms with Gasteiger partial charge in [-0.05, 0) is 0 Å². The van der Waals surface area contributed by atoms with Gasteiger partial charge in [0.25, 0.3) is 11.6 Å². The van der Waals surface area contributed by atoms with Crippen molar-refractivity contribution in [3.05, 3.63) is 0 Å². The van der Waals surface area contributed by atoms with Gasteiger partial charge in [-0.3, -0.25) is 15.0 Å². The van der Waals surface area contributed by atoms with Crippen molar-refractivity contribution in [2.75, 3.05) is 20.6 Å². The van der Waals surface area contributed by atoms with Crippen LogP contribution in [0.2, 0.25) is 0 Å². The first-order chi connectivity index (χ1) is 6.47. The summed E-state index contributed by atoms with van der Waals surface area (Å²) in [6.07, 6.45) is -0.610. The summed E-state index contributed by atoms with van der Waals surface area (Å²) in [7, 11) is 2.91. The molecule has 1 N–H and O–H groups in total. The minimum atomic E-state index is -1.47. The summed E-state index contributed by atoms with van der Waals surface area (Å²) in [5.74, 6) is -0.595. The molecule has 76 valence electrons. The molecule has 2 rings (SSSR count). The Morgan fingerprint density at radius 1 is 1.36 bits per heavy atom. The highest BCUT2D eigenvalue weighted by Crippen LogP contribution is 2.28. The van der Waals surface area contributed by atoms with Crippen molar-refractivity contribution < 1.29 is 19.1 Å². The molecule has 2 fully saturated rings. The highest BCUT2D eigenvalue weighted by atomic mass is 16.6. The molecule has 0 bridgehead atoms. The van der Waals surface area contributed by atoms with Crippen LogP contribution in [0.3, 0.4) is 0 Å². The van der Waals surface area contributed by atoms with Gasteiger partial charge < -0.3 is 9.64 Å². The standard InChI is InChI=1S/C7H9N3O4/c1-9-3-7(14-6(9)13)4(11)8-5(12)10(7)2/h3H2,1-2H3,(H,8,11,12). The lowest BCUT2D eigenvalue weighted by molar-refractivity contribution is -0.140. The summed E-state index contributed by atoms with van der Waals surface area (Å²) in [5.41, 5.74) is -1.47. The number of hydrogen-bond acceptors (Lipinski definition) is 4. The molecule has 0 saturated carbocycles. The molecule has 0 aromatic heterocycles. The molecule has 0 aliphatic carbocycles. The molecule has 2 heterocycles. The van der Waals surface area contributed by atoms with Crippen molar-refractivity contribution in [2.24, 2.45) is 0 Å². The van der Waals surface area contributed by atoms with Gasteiger partial charge in [-0.15, -0.1) is 0 Å². The van der Waals surface area contributed by atoms with E-state index in [1.807, 2.05) is 0 Å². The molecule has 14 heavy (non-hydrogen) atoms. The summed E-state index contributed by atoms with van der Waals surface area (Å²) in [5, 5.41) is 2.08. The van der Waals surface area contributed by atoms with Gasteiger partial charge in [-0.1, -0.05) is 0 Å². The third-order valence-electron chi connectivity index (χ3n) is 2.44. The quantitative estimate of drug-likeness (QED) is 0.505. The summed E-state index contributed by atoms with van der Waals surface area (Å²) in [4.78, 5) is 36.0. The average Bonchev–Trinajstić information content (AvgIpc) is 2.50. The predicted molar refractivity (Wildman–Crippen MR) is 43.1 cm³/mol. The fourth-order valence-corrected chi connectivity index (χ4v) is 1.53. The van der Waals surface area contributed by atoms with E-state index in [0.29, 0.717) is 0 Å². The van der Waals surface area contributed by atoms with Gasteiger partial charge in [-0.2, -0.15) is 0 Å². The van der Waals surface area contributed by atoms with Gasteiger partial charge in [0, 0.05) is 14.1 Å². The largest absolute Gasteiger partial charge is 0.412 e. The van der Waals surface area contributed by atoms with Crippen LogP contribution in [-0.2, 0) is 9.53 Å². The van der Waals surface area contributed by atoms with Crippen LogP contribution in [0.15, 0.2) is 0 Å². The number of carbonyl (C=O) groups excluding carboxylic acids is 3. The number of nitrogens with zero attached hydrogens (tertiary/aromatic N) is 2. The molecule has 2 aliphatic rings. The van der Waals surface area contributed by atoms with Crippen molar-refractivity contribution in [2.45, 2.75) is 5.72 Å². The number of likely N-dealkylation sites (N-methyl/N-ethyl adjacent to an activating group) is 2. The van der Waals surface area contributed by atoms with Crippen LogP contribution in [0.4, 0.5) is 9.59 Å². The third kappa shape index (κ3) is 0.835. The number of amides is 4. The highest BCUT2D eigenvalue weighted by Gasteiger charge is 2.59. The number of carbonyl (C=O) groups is 3. The van der Waals surface area contributed by atoms with Crippen LogP contribution < -0.4 is 5.32 Å². The van der Waals surface area contributed by atoms with Crippen LogP contribution in [0, 0.1) is 0 Å². The molecule has 0 radical (unpaired) electrons. The minimum Gasteiger partial charge on any atom is -0.411 e. The number of ether oxygens (including phenoxy) is 1. The molecule has 7 heteroatoms. The van der Waals surface area contributed by atoms with E-state index in [4.69, 9.17) is 4.74 Å². The van der Waals surface area contributed by atoms with Crippen LogP contribution >= 0.6 is 0 Å². The van der Waals surface area contributed by atoms with Gasteiger partial charge in [0.2, 0.25) is 0 Å². The Bertz CT molecular complexity index is 342. The Morgan fingerprint density at radius 3 is 2.36 bits per heavy atom. The number of nitrogens with one attached hydrogen (secondary N) is 1. The number of imide groups is 1. The normalized spacial score (nSPS) is 31.4. The predicted octanol–water partition coefficient (Wildman–Crippen LogP) is -1.05. The van der Waals surface area contributed by atoms with E-state index in [1.165, 1.54) is 19.0 Å². The lowest BCUT2D eigenvalue weighted by Crippen LogP contribution is -2.50. The molecule has 1 unspecified atom stereocenters. The summed E-state index contributed by atoms with van der Waals surface area (Å²) < 4.78 is 4.90. The first kappa shape index (κ1) is 8.79. The Balaban J connectivity index is 2.37. The van der Waals surface area contributed by atoms with Crippen LogP contribution in [0.1, 0.15) is 0 Å². The number of rotatable bonds is 0. The van der Waals surface area contributed by atoms with Crippen LogP contribution in [-0.4, -0.2) is 54.2 Å². The van der Waals surface area contributed by atoms with Crippen molar-refractivity contribution in [1.29, 1.82) is 0 Å². The van der Waals surface area contributed by atoms with E-state index < -0.39 is 23.8 Å². The maximum absolute atomic E-state index is 11.4. The van der Waals surface area contributed by atoms with E-state index in [0.717, 1.165) is 4.90 Å². The molecule has 0 aromatic rings. The van der Waals surface area contributed by atoms with Gasteiger partial charge in [0.15, 0.2) is 0 Å². The maximum atomic E-state index is 11.4. The molecule has 2 saturated heterocycles. The first-order valence-electron chi connectivity index (χ1n) is 4.01. The Labute approximate surface area is 79.6 Å². The molecule has 7 nitrogen and oxygen atoms in total. The van der Waals surface area contributed by atoms with Crippen molar-refractivity contribution in [3.63, 3.8) is 0 Å². The lowest BCUT2D eigenvalue weighted by Gasteiger charge is -2.24. The molecular formula is C7H9N3O4. The van der Waals surface area contributed by atoms with Gasteiger partial charge in [-0.25, -0.2) is 9.59 Å². The van der Waals surface area contributed by atoms with E-state index >= 15 is 0 Å². The SMILES string of the molecule is CN1CC2(OC1=O)C(=O)NC(=O)N2C. The zero-order valence-electron chi connectivity index (χ0n) is 7.73. The summed E-state index contributed by atoms with van der Waals surface area (Å²) >= 11 is 0. The summed E-state index contributed by atoms with van der Waals surface area (Å²) in [6, 6.07) is -0.557. The van der Waals surface area contributed by atoms with Gasteiger partial charge in [0.1, 0.15) is 0 Å². The van der Waals surface area contributed by atoms with Gasteiger partial charge in [0.05, 0.1) is 6.54 Å². The van der Waals surface area contributed by atoms with Crippen molar-refractivity contribution >= 4 is 18.0 Å². The Morgan fingerprint density at radius 2 is 2.00 bits per heavy atom. The smallest absolute Gasteiger partial charge is 0.411 e. The fourth-order valence-electron chi connectivity index (χ4n) is 1.53. The topological polar surface area (TPSA) is 79.0 Å². The molecule has 2 aliphatic heterocycles. The third-order valence-corrected chi connectivity index (χ3v) is 2.44. The van der Waals surface area contributed by atoms with Crippen LogP contribution in [0.5, 0.6) is 0 Å². The van der Waals surface area contributed by atoms with E-state index in [9.17, 15) is 14.4 Å². The van der Waals surface area contributed by atoms with E-state index in [2.05, 4.69) is 5.32 Å². The van der Waals surface area contributed by atoms with Crippen molar-refractivity contribution in [3.8, 4) is 0 Å². The Hall–Kier alpha value is -1.79. The molecule has 4 amide bonds. The fraction of sp³-hybridized carbons (Fsp3) is 0.571. The maximum Gasteiger partial charge on any atom is 0.412 e. The van der Waals surface area contributed by atoms with Gasteiger partial charge >= 0.3 is 12.1 Å². The second-order valence-corrected chi connectivity index (χ2v) is 3.33. The average molecular weight is 199 g/mol. The minimum absolute atomic E-state index is 0.0555. The van der Waals surface area contributed by atoms with E-state index in [-0.39, 0.29) is 6.54 Å². The first-order valence-corrected chi connectivity index (χ1v) is 4.01. The summed E-state index contributed by atoms with van der Waals surface area (Å²) in [6.45, 7) is 0.0555. The molecule has 1 atom stereocenters. The zero-order chi connectivity index (χ0) is 10.5. The molecule has 1 spiro atoms. The second kappa shape index (κ2) is 2.37. The second-order valence-electron chi connectivity index (χ2n) is 3.33. The molecular weight excluding hydrogens is 190 g/mol. The Kier molecular flexibility index (Phi) is 1.49. The monoisotopic (exact) mass is 199 g/mol. The zero-order valence-corrected chi connectivity index (χ0v) is 7.73. The van der Waals surface area contributed by atoms with Crippen LogP contribution in [0.25, 0.3) is 0 Å².